The molecule has 0 unspecified atom stereocenters. The molecule has 0 saturated heterocycles. The molecule has 0 atom stereocenters. The molecule has 0 aliphatic heterocycles. The predicted molar refractivity (Wildman–Crippen MR) is 59.8 cm³/mol. The lowest BCUT2D eigenvalue weighted by Crippen LogP contribution is -1.93. The Morgan fingerprint density at radius 2 is 1.81 bits per heavy atom. The van der Waals surface area contributed by atoms with Gasteiger partial charge in [0.05, 0.1) is 0 Å². The van der Waals surface area contributed by atoms with Crippen LogP contribution in [-0.2, 0) is 7.05 Å². The van der Waals surface area contributed by atoms with Crippen molar-refractivity contribution in [2.75, 3.05) is 0 Å². The van der Waals surface area contributed by atoms with Crippen molar-refractivity contribution in [3.05, 3.63) is 29.5 Å². The molecular formula is C12H14F2N2. The summed E-state index contributed by atoms with van der Waals surface area (Å²) in [4.78, 5) is 0. The fraction of sp³-hybridized carbons (Fsp3) is 0.417. The lowest BCUT2D eigenvalue weighted by atomic mass is 9.97. The Hall–Kier alpha value is -1.45. The Bertz CT molecular complexity index is 470. The molecule has 1 aromatic heterocycles. The van der Waals surface area contributed by atoms with Gasteiger partial charge in [-0.2, -0.15) is 5.10 Å². The number of alkyl halides is 2. The second kappa shape index (κ2) is 3.85. The first-order valence-corrected chi connectivity index (χ1v) is 5.25. The Labute approximate surface area is 92.9 Å². The van der Waals surface area contributed by atoms with Crippen molar-refractivity contribution in [3.8, 4) is 0 Å². The van der Waals surface area contributed by atoms with E-state index in [1.54, 1.807) is 24.0 Å². The third-order valence-electron chi connectivity index (χ3n) is 2.71. The minimum absolute atomic E-state index is 0.0139. The molecule has 0 N–H and O–H groups in total. The maximum Gasteiger partial charge on any atom is 0.266 e. The van der Waals surface area contributed by atoms with E-state index in [-0.39, 0.29) is 5.56 Å². The highest BCUT2D eigenvalue weighted by atomic mass is 19.3. The zero-order chi connectivity index (χ0) is 11.9. The van der Waals surface area contributed by atoms with E-state index in [2.05, 4.69) is 5.10 Å². The first-order chi connectivity index (χ1) is 7.50. The molecule has 2 rings (SSSR count). The quantitative estimate of drug-likeness (QED) is 0.761. The topological polar surface area (TPSA) is 17.8 Å². The van der Waals surface area contributed by atoms with Crippen LogP contribution in [0.3, 0.4) is 0 Å². The second-order valence-electron chi connectivity index (χ2n) is 4.26. The van der Waals surface area contributed by atoms with Crippen LogP contribution in [0.4, 0.5) is 8.78 Å². The first-order valence-electron chi connectivity index (χ1n) is 5.25. The zero-order valence-electron chi connectivity index (χ0n) is 9.54. The molecule has 0 saturated carbocycles. The van der Waals surface area contributed by atoms with Crippen LogP contribution in [0, 0.1) is 0 Å². The lowest BCUT2D eigenvalue weighted by molar-refractivity contribution is 0.153. The first kappa shape index (κ1) is 11.0. The molecular weight excluding hydrogens is 210 g/mol. The van der Waals surface area contributed by atoms with Gasteiger partial charge < -0.3 is 0 Å². The standard InChI is InChI=1S/C12H14F2N2/c1-7(2)8-4-5-9(12(13)14)11-10(8)6-16(3)15-11/h4-7,12H,1-3H3. The average molecular weight is 224 g/mol. The van der Waals surface area contributed by atoms with Crippen LogP contribution in [0.5, 0.6) is 0 Å². The average Bonchev–Trinajstić information content (AvgIpc) is 2.56. The number of fused-ring (bicyclic) bond motifs is 1. The van der Waals surface area contributed by atoms with Crippen molar-refractivity contribution in [1.29, 1.82) is 0 Å². The summed E-state index contributed by atoms with van der Waals surface area (Å²) in [5.74, 6) is 0.304. The number of benzene rings is 1. The maximum absolute atomic E-state index is 12.8. The molecule has 0 amide bonds. The molecule has 4 heteroatoms. The molecule has 0 aliphatic carbocycles. The van der Waals surface area contributed by atoms with E-state index in [1.807, 2.05) is 13.8 Å². The molecule has 0 radical (unpaired) electrons. The SMILES string of the molecule is CC(C)c1ccc(C(F)F)c2nn(C)cc12. The van der Waals surface area contributed by atoms with Gasteiger partial charge in [0, 0.05) is 24.2 Å². The van der Waals surface area contributed by atoms with Crippen molar-refractivity contribution >= 4 is 10.9 Å². The maximum atomic E-state index is 12.8. The zero-order valence-corrected chi connectivity index (χ0v) is 9.54. The van der Waals surface area contributed by atoms with Crippen molar-refractivity contribution < 1.29 is 8.78 Å². The molecule has 1 aromatic carbocycles. The van der Waals surface area contributed by atoms with Crippen LogP contribution >= 0.6 is 0 Å². The molecule has 0 spiro atoms. The van der Waals surface area contributed by atoms with Gasteiger partial charge in [0.1, 0.15) is 5.52 Å². The molecule has 0 bridgehead atoms. The van der Waals surface area contributed by atoms with Crippen LogP contribution in [0.25, 0.3) is 10.9 Å². The van der Waals surface area contributed by atoms with Crippen LogP contribution in [-0.4, -0.2) is 9.78 Å². The van der Waals surface area contributed by atoms with Gasteiger partial charge in [-0.3, -0.25) is 4.68 Å². The highest BCUT2D eigenvalue weighted by Crippen LogP contribution is 2.31. The molecule has 0 aliphatic rings. The van der Waals surface area contributed by atoms with E-state index in [0.717, 1.165) is 10.9 Å². The number of nitrogens with zero attached hydrogens (tertiary/aromatic N) is 2. The van der Waals surface area contributed by atoms with Crippen molar-refractivity contribution in [1.82, 2.24) is 9.78 Å². The molecule has 16 heavy (non-hydrogen) atoms. The lowest BCUT2D eigenvalue weighted by Gasteiger charge is -2.08. The van der Waals surface area contributed by atoms with Gasteiger partial charge >= 0.3 is 0 Å². The number of hydrogen-bond donors (Lipinski definition) is 0. The summed E-state index contributed by atoms with van der Waals surface area (Å²) >= 11 is 0. The smallest absolute Gasteiger partial charge is 0.266 e. The molecule has 2 nitrogen and oxygen atoms in total. The number of aromatic nitrogens is 2. The summed E-state index contributed by atoms with van der Waals surface area (Å²) in [7, 11) is 1.75. The Morgan fingerprint density at radius 3 is 2.38 bits per heavy atom. The molecule has 0 fully saturated rings. The summed E-state index contributed by atoms with van der Waals surface area (Å²) in [5, 5.41) is 4.94. The highest BCUT2D eigenvalue weighted by Gasteiger charge is 2.17. The van der Waals surface area contributed by atoms with E-state index < -0.39 is 6.43 Å². The third kappa shape index (κ3) is 1.68. The van der Waals surface area contributed by atoms with E-state index >= 15 is 0 Å². The third-order valence-corrected chi connectivity index (χ3v) is 2.71. The Balaban J connectivity index is 2.76. The number of aryl methyl sites for hydroxylation is 1. The minimum Gasteiger partial charge on any atom is -0.275 e. The summed E-state index contributed by atoms with van der Waals surface area (Å²) in [5.41, 5.74) is 1.50. The van der Waals surface area contributed by atoms with Gasteiger partial charge in [-0.1, -0.05) is 26.0 Å². The summed E-state index contributed by atoms with van der Waals surface area (Å²) in [6.07, 6.45) is -0.671. The molecule has 1 heterocycles. The molecule has 2 aromatic rings. The normalized spacial score (nSPS) is 11.9. The van der Waals surface area contributed by atoms with Gasteiger partial charge in [0.15, 0.2) is 0 Å². The van der Waals surface area contributed by atoms with Crippen LogP contribution in [0.1, 0.15) is 37.3 Å². The largest absolute Gasteiger partial charge is 0.275 e. The second-order valence-corrected chi connectivity index (χ2v) is 4.26. The Morgan fingerprint density at radius 1 is 1.19 bits per heavy atom. The van der Waals surface area contributed by atoms with Crippen LogP contribution < -0.4 is 0 Å². The fourth-order valence-corrected chi connectivity index (χ4v) is 1.94. The predicted octanol–water partition coefficient (Wildman–Crippen LogP) is 3.63. The minimum atomic E-state index is -2.47. The highest BCUT2D eigenvalue weighted by molar-refractivity contribution is 5.85. The van der Waals surface area contributed by atoms with E-state index in [4.69, 9.17) is 0 Å². The van der Waals surface area contributed by atoms with Crippen molar-refractivity contribution in [2.45, 2.75) is 26.2 Å². The molecule has 86 valence electrons. The van der Waals surface area contributed by atoms with Gasteiger partial charge in [0.2, 0.25) is 0 Å². The van der Waals surface area contributed by atoms with Gasteiger partial charge in [-0.15, -0.1) is 0 Å². The summed E-state index contributed by atoms with van der Waals surface area (Å²) in [6.45, 7) is 4.09. The van der Waals surface area contributed by atoms with Gasteiger partial charge in [-0.05, 0) is 11.5 Å². The van der Waals surface area contributed by atoms with Gasteiger partial charge in [-0.25, -0.2) is 8.78 Å². The van der Waals surface area contributed by atoms with E-state index in [0.29, 0.717) is 11.4 Å². The number of halogens is 2. The van der Waals surface area contributed by atoms with Gasteiger partial charge in [0.25, 0.3) is 6.43 Å². The van der Waals surface area contributed by atoms with Crippen LogP contribution in [0.2, 0.25) is 0 Å². The van der Waals surface area contributed by atoms with E-state index in [9.17, 15) is 8.78 Å². The van der Waals surface area contributed by atoms with E-state index in [1.165, 1.54) is 6.07 Å². The Kier molecular flexibility index (Phi) is 2.66. The van der Waals surface area contributed by atoms with Crippen molar-refractivity contribution in [2.24, 2.45) is 7.05 Å². The van der Waals surface area contributed by atoms with Crippen LogP contribution in [0.15, 0.2) is 18.3 Å². The van der Waals surface area contributed by atoms with Crippen molar-refractivity contribution in [3.63, 3.8) is 0 Å². The fourth-order valence-electron chi connectivity index (χ4n) is 1.94. The monoisotopic (exact) mass is 224 g/mol. The number of rotatable bonds is 2. The number of hydrogen-bond acceptors (Lipinski definition) is 1. The summed E-state index contributed by atoms with van der Waals surface area (Å²) in [6, 6.07) is 3.26. The summed E-state index contributed by atoms with van der Waals surface area (Å²) < 4.78 is 27.2.